The first-order chi connectivity index (χ1) is 12.0. The molecule has 0 N–H and O–H groups in total. The zero-order chi connectivity index (χ0) is 18.0. The standard InChI is InChI=1S/C17H16N2O5S/c1-11-10-25-17(23)18(11)8-9-24-14(20)6-7-19-15(21)12-4-2-3-5-13(12)16(19)22/h2-5,10H,6-9H2,1H3. The van der Waals surface area contributed by atoms with E-state index in [-0.39, 0.29) is 31.0 Å². The number of carbonyl (C=O) groups excluding carboxylic acids is 3. The van der Waals surface area contributed by atoms with E-state index in [1.54, 1.807) is 29.6 Å². The maximum atomic E-state index is 12.2. The fourth-order valence-electron chi connectivity index (χ4n) is 2.64. The van der Waals surface area contributed by atoms with Gasteiger partial charge in [0.2, 0.25) is 0 Å². The van der Waals surface area contributed by atoms with Crippen molar-refractivity contribution < 1.29 is 19.1 Å². The molecule has 1 aliphatic rings. The zero-order valence-corrected chi connectivity index (χ0v) is 14.4. The number of aromatic nitrogens is 1. The second-order valence-corrected chi connectivity index (χ2v) is 6.39. The van der Waals surface area contributed by atoms with Gasteiger partial charge >= 0.3 is 10.8 Å². The number of benzene rings is 1. The first kappa shape index (κ1) is 17.1. The molecule has 3 rings (SSSR count). The third kappa shape index (κ3) is 3.39. The quantitative estimate of drug-likeness (QED) is 0.575. The SMILES string of the molecule is Cc1csc(=O)n1CCOC(=O)CCN1C(=O)c2ccccc2C1=O. The molecule has 8 heteroatoms. The van der Waals surface area contributed by atoms with Gasteiger partial charge < -0.3 is 4.74 Å². The largest absolute Gasteiger partial charge is 0.464 e. The number of imide groups is 1. The summed E-state index contributed by atoms with van der Waals surface area (Å²) >= 11 is 1.10. The topological polar surface area (TPSA) is 85.7 Å². The number of amides is 2. The molecule has 1 aliphatic heterocycles. The van der Waals surface area contributed by atoms with E-state index in [4.69, 9.17) is 4.74 Å². The van der Waals surface area contributed by atoms with Gasteiger partial charge in [-0.25, -0.2) is 0 Å². The number of hydrogen-bond acceptors (Lipinski definition) is 6. The molecule has 0 aliphatic carbocycles. The Morgan fingerprint density at radius 3 is 2.28 bits per heavy atom. The molecule has 1 aromatic carbocycles. The number of aryl methyl sites for hydroxylation is 1. The summed E-state index contributed by atoms with van der Waals surface area (Å²) in [7, 11) is 0. The van der Waals surface area contributed by atoms with Crippen molar-refractivity contribution in [2.75, 3.05) is 13.2 Å². The van der Waals surface area contributed by atoms with Crippen molar-refractivity contribution in [2.24, 2.45) is 0 Å². The van der Waals surface area contributed by atoms with Gasteiger partial charge in [-0.1, -0.05) is 23.5 Å². The fourth-order valence-corrected chi connectivity index (χ4v) is 3.40. The minimum atomic E-state index is -0.516. The van der Waals surface area contributed by atoms with E-state index in [0.717, 1.165) is 21.9 Å². The van der Waals surface area contributed by atoms with Crippen LogP contribution in [0.2, 0.25) is 0 Å². The highest BCUT2D eigenvalue weighted by Gasteiger charge is 2.35. The number of ether oxygens (including phenoxy) is 1. The van der Waals surface area contributed by atoms with Crippen molar-refractivity contribution in [1.82, 2.24) is 9.47 Å². The molecule has 25 heavy (non-hydrogen) atoms. The van der Waals surface area contributed by atoms with Gasteiger partial charge in [0.05, 0.1) is 24.1 Å². The summed E-state index contributed by atoms with van der Waals surface area (Å²) in [5, 5.41) is 1.74. The lowest BCUT2D eigenvalue weighted by Gasteiger charge is -2.13. The lowest BCUT2D eigenvalue weighted by Crippen LogP contribution is -2.32. The van der Waals surface area contributed by atoms with Crippen LogP contribution in [-0.4, -0.2) is 40.4 Å². The van der Waals surface area contributed by atoms with Gasteiger partial charge in [0.1, 0.15) is 6.61 Å². The van der Waals surface area contributed by atoms with Gasteiger partial charge in [-0.3, -0.25) is 28.6 Å². The van der Waals surface area contributed by atoms with Crippen molar-refractivity contribution in [3.8, 4) is 0 Å². The summed E-state index contributed by atoms with van der Waals surface area (Å²) in [4.78, 5) is 48.7. The van der Waals surface area contributed by atoms with Crippen LogP contribution in [0.25, 0.3) is 0 Å². The maximum absolute atomic E-state index is 12.2. The molecule has 0 unspecified atom stereocenters. The highest BCUT2D eigenvalue weighted by atomic mass is 32.1. The molecule has 2 heterocycles. The Morgan fingerprint density at radius 2 is 1.72 bits per heavy atom. The van der Waals surface area contributed by atoms with Crippen molar-refractivity contribution in [1.29, 1.82) is 0 Å². The summed E-state index contributed by atoms with van der Waals surface area (Å²) in [5.41, 5.74) is 1.53. The average Bonchev–Trinajstić information content (AvgIpc) is 3.05. The van der Waals surface area contributed by atoms with Crippen LogP contribution in [-0.2, 0) is 16.1 Å². The van der Waals surface area contributed by atoms with E-state index < -0.39 is 17.8 Å². The Balaban J connectivity index is 1.49. The minimum absolute atomic E-state index is 0.0252. The van der Waals surface area contributed by atoms with E-state index in [1.165, 1.54) is 4.57 Å². The average molecular weight is 360 g/mol. The van der Waals surface area contributed by atoms with Crippen LogP contribution in [0.3, 0.4) is 0 Å². The predicted octanol–water partition coefficient (Wildman–Crippen LogP) is 1.45. The second-order valence-electron chi connectivity index (χ2n) is 5.57. The van der Waals surface area contributed by atoms with Gasteiger partial charge in [-0.2, -0.15) is 0 Å². The van der Waals surface area contributed by atoms with Crippen LogP contribution in [0.1, 0.15) is 32.8 Å². The maximum Gasteiger partial charge on any atom is 0.307 e. The van der Waals surface area contributed by atoms with Crippen LogP contribution in [0, 0.1) is 6.92 Å². The smallest absolute Gasteiger partial charge is 0.307 e. The van der Waals surface area contributed by atoms with E-state index in [2.05, 4.69) is 0 Å². The number of rotatable bonds is 6. The Bertz CT molecular complexity index is 863. The lowest BCUT2D eigenvalue weighted by molar-refractivity contribution is -0.144. The lowest BCUT2D eigenvalue weighted by atomic mass is 10.1. The van der Waals surface area contributed by atoms with E-state index in [0.29, 0.717) is 11.1 Å². The van der Waals surface area contributed by atoms with E-state index >= 15 is 0 Å². The molecule has 2 amide bonds. The third-order valence-corrected chi connectivity index (χ3v) is 4.85. The number of hydrogen-bond donors (Lipinski definition) is 0. The normalized spacial score (nSPS) is 13.2. The summed E-state index contributed by atoms with van der Waals surface area (Å²) in [6.07, 6.45) is -0.0804. The number of carbonyl (C=O) groups is 3. The molecule has 0 saturated carbocycles. The zero-order valence-electron chi connectivity index (χ0n) is 13.6. The molecular weight excluding hydrogens is 344 g/mol. The summed E-state index contributed by atoms with van der Waals surface area (Å²) < 4.78 is 6.62. The van der Waals surface area contributed by atoms with Crippen LogP contribution in [0.5, 0.6) is 0 Å². The Morgan fingerprint density at radius 1 is 1.08 bits per heavy atom. The highest BCUT2D eigenvalue weighted by molar-refractivity contribution is 7.07. The number of thiazole rings is 1. The Labute approximate surface area is 147 Å². The van der Waals surface area contributed by atoms with E-state index in [1.807, 2.05) is 6.92 Å². The van der Waals surface area contributed by atoms with Gasteiger partial charge in [0.25, 0.3) is 11.8 Å². The second kappa shape index (κ2) is 7.02. The molecule has 130 valence electrons. The first-order valence-electron chi connectivity index (χ1n) is 7.75. The van der Waals surface area contributed by atoms with Crippen molar-refractivity contribution in [3.63, 3.8) is 0 Å². The van der Waals surface area contributed by atoms with Gasteiger partial charge in [-0.15, -0.1) is 0 Å². The number of esters is 1. The number of fused-ring (bicyclic) bond motifs is 1. The van der Waals surface area contributed by atoms with Crippen molar-refractivity contribution >= 4 is 29.1 Å². The molecule has 0 saturated heterocycles. The van der Waals surface area contributed by atoms with Crippen LogP contribution in [0.15, 0.2) is 34.4 Å². The molecule has 2 aromatic rings. The fraction of sp³-hybridized carbons (Fsp3) is 0.294. The highest BCUT2D eigenvalue weighted by Crippen LogP contribution is 2.22. The van der Waals surface area contributed by atoms with Crippen molar-refractivity contribution in [2.45, 2.75) is 19.9 Å². The predicted molar refractivity (Wildman–Crippen MR) is 90.7 cm³/mol. The molecule has 0 radical (unpaired) electrons. The molecular formula is C17H16N2O5S. The van der Waals surface area contributed by atoms with E-state index in [9.17, 15) is 19.2 Å². The van der Waals surface area contributed by atoms with Crippen molar-refractivity contribution in [3.05, 3.63) is 56.1 Å². The van der Waals surface area contributed by atoms with Gasteiger partial charge in [0, 0.05) is 17.6 Å². The summed E-state index contributed by atoms with van der Waals surface area (Å²) in [6, 6.07) is 6.57. The first-order valence-corrected chi connectivity index (χ1v) is 8.63. The van der Waals surface area contributed by atoms with Crippen LogP contribution >= 0.6 is 11.3 Å². The molecule has 0 atom stereocenters. The Kier molecular flexibility index (Phi) is 4.80. The van der Waals surface area contributed by atoms with Gasteiger partial charge in [-0.05, 0) is 19.1 Å². The third-order valence-electron chi connectivity index (χ3n) is 3.97. The number of nitrogens with zero attached hydrogens (tertiary/aromatic N) is 2. The molecule has 0 spiro atoms. The molecule has 0 bridgehead atoms. The molecule has 7 nitrogen and oxygen atoms in total. The van der Waals surface area contributed by atoms with Crippen LogP contribution < -0.4 is 4.87 Å². The Hall–Kier alpha value is -2.74. The molecule has 0 fully saturated rings. The molecule has 1 aromatic heterocycles. The van der Waals surface area contributed by atoms with Gasteiger partial charge in [0.15, 0.2) is 0 Å². The summed E-state index contributed by atoms with van der Waals surface area (Å²) in [5.74, 6) is -1.31. The van der Waals surface area contributed by atoms with Crippen LogP contribution in [0.4, 0.5) is 0 Å². The minimum Gasteiger partial charge on any atom is -0.464 e. The summed E-state index contributed by atoms with van der Waals surface area (Å²) in [6.45, 7) is 2.13. The monoisotopic (exact) mass is 360 g/mol.